The average molecular weight is 284 g/mol. The first-order chi connectivity index (χ1) is 8.83. The summed E-state index contributed by atoms with van der Waals surface area (Å²) >= 11 is 0. The monoisotopic (exact) mass is 284 g/mol. The van der Waals surface area contributed by atoms with Gasteiger partial charge in [0.15, 0.2) is 0 Å². The summed E-state index contributed by atoms with van der Waals surface area (Å²) in [6.07, 6.45) is 0. The number of hydrogen-bond donors (Lipinski definition) is 2. The zero-order valence-electron chi connectivity index (χ0n) is 12.3. The average Bonchev–Trinajstić information content (AvgIpc) is 2.39. The maximum atomic E-state index is 11.7. The fraction of sp³-hybridized carbons (Fsp3) is 0.571. The van der Waals surface area contributed by atoms with E-state index in [1.54, 1.807) is 12.1 Å². The summed E-state index contributed by atoms with van der Waals surface area (Å²) in [4.78, 5) is 0.304. The summed E-state index contributed by atoms with van der Waals surface area (Å²) in [6, 6.07) is 7.48. The molecule has 4 nitrogen and oxygen atoms in total. The third-order valence-corrected chi connectivity index (χ3v) is 4.99. The number of likely N-dealkylation sites (N-methyl/N-ethyl adjacent to an activating group) is 1. The SMILES string of the molecule is CNC(C)C(c1ccc(S(=O)(=O)NC)cc1)C(C)C. The molecule has 2 N–H and O–H groups in total. The Labute approximate surface area is 116 Å². The Morgan fingerprint density at radius 1 is 1.00 bits per heavy atom. The first kappa shape index (κ1) is 16.1. The molecular weight excluding hydrogens is 260 g/mol. The number of sulfonamides is 1. The molecule has 0 amide bonds. The molecule has 0 radical (unpaired) electrons. The molecule has 0 aliphatic carbocycles. The van der Waals surface area contributed by atoms with Crippen molar-refractivity contribution < 1.29 is 8.42 Å². The minimum absolute atomic E-state index is 0.304. The van der Waals surface area contributed by atoms with Gasteiger partial charge in [-0.25, -0.2) is 13.1 Å². The van der Waals surface area contributed by atoms with Crippen LogP contribution in [0.2, 0.25) is 0 Å². The molecule has 0 heterocycles. The molecular formula is C14H24N2O2S. The molecule has 0 aliphatic rings. The van der Waals surface area contributed by atoms with E-state index in [0.29, 0.717) is 22.8 Å². The summed E-state index contributed by atoms with van der Waals surface area (Å²) in [5, 5.41) is 3.27. The van der Waals surface area contributed by atoms with Crippen LogP contribution in [0.25, 0.3) is 0 Å². The van der Waals surface area contributed by atoms with Crippen LogP contribution in [0.1, 0.15) is 32.3 Å². The minimum atomic E-state index is -3.35. The van der Waals surface area contributed by atoms with E-state index in [2.05, 4.69) is 30.8 Å². The van der Waals surface area contributed by atoms with Crippen LogP contribution in [-0.4, -0.2) is 28.6 Å². The number of nitrogens with one attached hydrogen (secondary N) is 2. The normalized spacial score (nSPS) is 15.5. The van der Waals surface area contributed by atoms with Gasteiger partial charge in [-0.3, -0.25) is 0 Å². The predicted molar refractivity (Wildman–Crippen MR) is 78.8 cm³/mol. The smallest absolute Gasteiger partial charge is 0.240 e. The summed E-state index contributed by atoms with van der Waals surface area (Å²) < 4.78 is 25.7. The second kappa shape index (κ2) is 6.50. The van der Waals surface area contributed by atoms with E-state index < -0.39 is 10.0 Å². The molecule has 1 rings (SSSR count). The molecule has 0 fully saturated rings. The van der Waals surface area contributed by atoms with Crippen LogP contribution in [-0.2, 0) is 10.0 Å². The highest BCUT2D eigenvalue weighted by atomic mass is 32.2. The third-order valence-electron chi connectivity index (χ3n) is 3.56. The van der Waals surface area contributed by atoms with Gasteiger partial charge in [-0.15, -0.1) is 0 Å². The number of rotatable bonds is 6. The Kier molecular flexibility index (Phi) is 5.52. The standard InChI is InChI=1S/C14H24N2O2S/c1-10(2)14(11(3)15-4)12-6-8-13(9-7-12)19(17,18)16-5/h6-11,14-16H,1-5H3. The van der Waals surface area contributed by atoms with Gasteiger partial charge in [0.25, 0.3) is 0 Å². The van der Waals surface area contributed by atoms with Crippen molar-refractivity contribution in [3.05, 3.63) is 29.8 Å². The number of benzene rings is 1. The van der Waals surface area contributed by atoms with Crippen molar-refractivity contribution >= 4 is 10.0 Å². The molecule has 0 saturated heterocycles. The molecule has 2 atom stereocenters. The van der Waals surface area contributed by atoms with Crippen LogP contribution >= 0.6 is 0 Å². The third kappa shape index (κ3) is 3.78. The van der Waals surface area contributed by atoms with E-state index in [0.717, 1.165) is 5.56 Å². The quantitative estimate of drug-likeness (QED) is 0.839. The lowest BCUT2D eigenvalue weighted by molar-refractivity contribution is 0.395. The maximum Gasteiger partial charge on any atom is 0.240 e. The zero-order valence-corrected chi connectivity index (χ0v) is 13.1. The highest BCUT2D eigenvalue weighted by Gasteiger charge is 2.22. The Hall–Kier alpha value is -0.910. The van der Waals surface area contributed by atoms with Crippen LogP contribution in [0.4, 0.5) is 0 Å². The van der Waals surface area contributed by atoms with E-state index in [-0.39, 0.29) is 0 Å². The van der Waals surface area contributed by atoms with Gasteiger partial charge in [0.1, 0.15) is 0 Å². The Balaban J connectivity index is 3.09. The zero-order chi connectivity index (χ0) is 14.6. The van der Waals surface area contributed by atoms with Crippen molar-refractivity contribution in [2.24, 2.45) is 5.92 Å². The van der Waals surface area contributed by atoms with Gasteiger partial charge in [0.05, 0.1) is 4.90 Å². The van der Waals surface area contributed by atoms with E-state index in [1.165, 1.54) is 7.05 Å². The highest BCUT2D eigenvalue weighted by molar-refractivity contribution is 7.89. The summed E-state index contributed by atoms with van der Waals surface area (Å²) in [6.45, 7) is 6.50. The van der Waals surface area contributed by atoms with Crippen LogP contribution in [0, 0.1) is 5.92 Å². The van der Waals surface area contributed by atoms with Crippen molar-refractivity contribution in [3.63, 3.8) is 0 Å². The summed E-state index contributed by atoms with van der Waals surface area (Å²) in [5.41, 5.74) is 1.16. The molecule has 108 valence electrons. The molecule has 1 aromatic rings. The second-order valence-corrected chi connectivity index (χ2v) is 7.01. The van der Waals surface area contributed by atoms with Gasteiger partial charge in [-0.2, -0.15) is 0 Å². The van der Waals surface area contributed by atoms with Crippen molar-refractivity contribution in [2.75, 3.05) is 14.1 Å². The van der Waals surface area contributed by atoms with Gasteiger partial charge in [0, 0.05) is 12.0 Å². The van der Waals surface area contributed by atoms with Crippen LogP contribution in [0.5, 0.6) is 0 Å². The van der Waals surface area contributed by atoms with Gasteiger partial charge >= 0.3 is 0 Å². The molecule has 0 saturated carbocycles. The van der Waals surface area contributed by atoms with Crippen molar-refractivity contribution in [1.29, 1.82) is 0 Å². The molecule has 5 heteroatoms. The molecule has 19 heavy (non-hydrogen) atoms. The van der Waals surface area contributed by atoms with Crippen molar-refractivity contribution in [3.8, 4) is 0 Å². The number of hydrogen-bond acceptors (Lipinski definition) is 3. The molecule has 2 unspecified atom stereocenters. The lowest BCUT2D eigenvalue weighted by Crippen LogP contribution is -2.32. The highest BCUT2D eigenvalue weighted by Crippen LogP contribution is 2.28. The van der Waals surface area contributed by atoms with E-state index in [4.69, 9.17) is 0 Å². The molecule has 0 spiro atoms. The largest absolute Gasteiger partial charge is 0.317 e. The van der Waals surface area contributed by atoms with Crippen LogP contribution in [0.15, 0.2) is 29.2 Å². The lowest BCUT2D eigenvalue weighted by atomic mass is 9.83. The van der Waals surface area contributed by atoms with Gasteiger partial charge in [-0.1, -0.05) is 26.0 Å². The van der Waals surface area contributed by atoms with E-state index in [1.807, 2.05) is 19.2 Å². The predicted octanol–water partition coefficient (Wildman–Crippen LogP) is 1.94. The fourth-order valence-electron chi connectivity index (χ4n) is 2.42. The maximum absolute atomic E-state index is 11.7. The van der Waals surface area contributed by atoms with Gasteiger partial charge in [-0.05, 0) is 44.6 Å². The van der Waals surface area contributed by atoms with Crippen molar-refractivity contribution in [1.82, 2.24) is 10.0 Å². The van der Waals surface area contributed by atoms with Gasteiger partial charge < -0.3 is 5.32 Å². The first-order valence-corrected chi connectivity index (χ1v) is 8.02. The van der Waals surface area contributed by atoms with E-state index in [9.17, 15) is 8.42 Å². The fourth-order valence-corrected chi connectivity index (χ4v) is 3.15. The topological polar surface area (TPSA) is 58.2 Å². The van der Waals surface area contributed by atoms with Gasteiger partial charge in [0.2, 0.25) is 10.0 Å². The lowest BCUT2D eigenvalue weighted by Gasteiger charge is -2.27. The molecule has 0 aromatic heterocycles. The van der Waals surface area contributed by atoms with Crippen molar-refractivity contribution in [2.45, 2.75) is 37.6 Å². The second-order valence-electron chi connectivity index (χ2n) is 5.12. The summed E-state index contributed by atoms with van der Waals surface area (Å²) in [5.74, 6) is 0.838. The molecule has 1 aromatic carbocycles. The Morgan fingerprint density at radius 2 is 1.53 bits per heavy atom. The Morgan fingerprint density at radius 3 is 1.89 bits per heavy atom. The van der Waals surface area contributed by atoms with Crippen LogP contribution < -0.4 is 10.0 Å². The van der Waals surface area contributed by atoms with Crippen LogP contribution in [0.3, 0.4) is 0 Å². The van der Waals surface area contributed by atoms with E-state index >= 15 is 0 Å². The summed E-state index contributed by atoms with van der Waals surface area (Å²) in [7, 11) is 0.0119. The molecule has 0 aliphatic heterocycles. The first-order valence-electron chi connectivity index (χ1n) is 6.54. The minimum Gasteiger partial charge on any atom is -0.317 e. The molecule has 0 bridgehead atoms. The Bertz CT molecular complexity index is 495.